The van der Waals surface area contributed by atoms with Crippen LogP contribution in [0.4, 0.5) is 5.69 Å². The molecule has 1 aromatic carbocycles. The summed E-state index contributed by atoms with van der Waals surface area (Å²) in [7, 11) is 1.81. The number of carbonyl (C=O) groups is 1. The van der Waals surface area contributed by atoms with Crippen molar-refractivity contribution >= 4 is 62.5 Å². The Hall–Kier alpha value is -1.48. The molecule has 0 radical (unpaired) electrons. The standard InChI is InChI=1S/C15H11BrCl2N4O2S/c1-22-14(10-5-6-11(16)24-10)20-21-15(22)25-7-12(23)19-9-4-2-3-8(17)13(9)18/h2-6H,7H2,1H3,(H,19,23). The number of nitrogens with one attached hydrogen (secondary N) is 1. The van der Waals surface area contributed by atoms with Gasteiger partial charge in [0.1, 0.15) is 0 Å². The number of hydrogen-bond acceptors (Lipinski definition) is 5. The lowest BCUT2D eigenvalue weighted by atomic mass is 10.3. The van der Waals surface area contributed by atoms with Crippen LogP contribution in [-0.4, -0.2) is 26.4 Å². The average Bonchev–Trinajstić information content (AvgIpc) is 3.16. The lowest BCUT2D eigenvalue weighted by Crippen LogP contribution is -2.14. The molecule has 3 rings (SSSR count). The van der Waals surface area contributed by atoms with Crippen molar-refractivity contribution in [2.75, 3.05) is 11.1 Å². The van der Waals surface area contributed by atoms with Crippen LogP contribution in [0.2, 0.25) is 10.0 Å². The average molecular weight is 462 g/mol. The van der Waals surface area contributed by atoms with Gasteiger partial charge in [0.15, 0.2) is 21.4 Å². The zero-order valence-electron chi connectivity index (χ0n) is 12.8. The number of rotatable bonds is 5. The Morgan fingerprint density at radius 3 is 2.84 bits per heavy atom. The van der Waals surface area contributed by atoms with Gasteiger partial charge < -0.3 is 14.3 Å². The largest absolute Gasteiger partial charge is 0.446 e. The molecule has 2 heterocycles. The van der Waals surface area contributed by atoms with Gasteiger partial charge in [-0.2, -0.15) is 0 Å². The summed E-state index contributed by atoms with van der Waals surface area (Å²) in [5.41, 5.74) is 0.471. The fourth-order valence-corrected chi connectivity index (χ4v) is 3.37. The maximum absolute atomic E-state index is 12.1. The molecule has 0 aliphatic heterocycles. The number of benzene rings is 1. The zero-order valence-corrected chi connectivity index (χ0v) is 16.7. The van der Waals surface area contributed by atoms with E-state index in [-0.39, 0.29) is 11.7 Å². The Kier molecular flexibility index (Phi) is 5.73. The molecule has 0 aliphatic carbocycles. The van der Waals surface area contributed by atoms with Gasteiger partial charge in [-0.3, -0.25) is 4.79 Å². The first-order valence-electron chi connectivity index (χ1n) is 6.97. The normalized spacial score (nSPS) is 10.9. The Morgan fingerprint density at radius 1 is 1.32 bits per heavy atom. The van der Waals surface area contributed by atoms with Gasteiger partial charge in [-0.25, -0.2) is 0 Å². The van der Waals surface area contributed by atoms with Gasteiger partial charge in [-0.1, -0.05) is 41.0 Å². The monoisotopic (exact) mass is 460 g/mol. The molecule has 1 N–H and O–H groups in total. The van der Waals surface area contributed by atoms with Crippen LogP contribution in [0.15, 0.2) is 44.6 Å². The van der Waals surface area contributed by atoms with E-state index in [1.807, 2.05) is 0 Å². The number of halogens is 3. The number of anilines is 1. The number of amides is 1. The molecule has 0 saturated heterocycles. The predicted octanol–water partition coefficient (Wildman–Crippen LogP) is 4.88. The van der Waals surface area contributed by atoms with E-state index in [9.17, 15) is 4.79 Å². The van der Waals surface area contributed by atoms with Gasteiger partial charge in [0.05, 0.1) is 21.5 Å². The van der Waals surface area contributed by atoms with Crippen molar-refractivity contribution in [3.63, 3.8) is 0 Å². The molecule has 0 unspecified atom stereocenters. The van der Waals surface area contributed by atoms with E-state index in [1.165, 1.54) is 11.8 Å². The highest BCUT2D eigenvalue weighted by atomic mass is 79.9. The van der Waals surface area contributed by atoms with Gasteiger partial charge >= 0.3 is 0 Å². The van der Waals surface area contributed by atoms with Crippen molar-refractivity contribution in [3.05, 3.63) is 45.0 Å². The summed E-state index contributed by atoms with van der Waals surface area (Å²) in [5.74, 6) is 1.09. The van der Waals surface area contributed by atoms with Crippen LogP contribution in [0.3, 0.4) is 0 Å². The van der Waals surface area contributed by atoms with Crippen LogP contribution >= 0.6 is 50.9 Å². The van der Waals surface area contributed by atoms with Crippen LogP contribution in [0.25, 0.3) is 11.6 Å². The van der Waals surface area contributed by atoms with Crippen LogP contribution < -0.4 is 5.32 Å². The van der Waals surface area contributed by atoms with Crippen molar-refractivity contribution in [2.45, 2.75) is 5.16 Å². The third-order valence-electron chi connectivity index (χ3n) is 3.19. The Labute approximate surface area is 166 Å². The molecule has 25 heavy (non-hydrogen) atoms. The Balaban J connectivity index is 1.65. The smallest absolute Gasteiger partial charge is 0.234 e. The molecule has 0 fully saturated rings. The summed E-state index contributed by atoms with van der Waals surface area (Å²) < 4.78 is 7.84. The molecule has 6 nitrogen and oxygen atoms in total. The number of hydrogen-bond donors (Lipinski definition) is 1. The molecular formula is C15H11BrCl2N4O2S. The SMILES string of the molecule is Cn1c(SCC(=O)Nc2cccc(Cl)c2Cl)nnc1-c1ccc(Br)o1. The summed E-state index contributed by atoms with van der Waals surface area (Å²) in [6, 6.07) is 8.62. The van der Waals surface area contributed by atoms with Crippen molar-refractivity contribution in [1.29, 1.82) is 0 Å². The third kappa shape index (κ3) is 4.20. The zero-order chi connectivity index (χ0) is 18.0. The van der Waals surface area contributed by atoms with E-state index in [4.69, 9.17) is 27.6 Å². The summed E-state index contributed by atoms with van der Waals surface area (Å²) >= 11 is 16.5. The van der Waals surface area contributed by atoms with Gasteiger partial charge in [0, 0.05) is 7.05 Å². The number of nitrogens with zero attached hydrogens (tertiary/aromatic N) is 3. The highest BCUT2D eigenvalue weighted by Gasteiger charge is 2.16. The van der Waals surface area contributed by atoms with Crippen molar-refractivity contribution in [3.8, 4) is 11.6 Å². The number of furan rings is 1. The van der Waals surface area contributed by atoms with Crippen LogP contribution in [0.5, 0.6) is 0 Å². The first-order valence-corrected chi connectivity index (χ1v) is 9.51. The lowest BCUT2D eigenvalue weighted by Gasteiger charge is -2.08. The second-order valence-corrected chi connectivity index (χ2v) is 7.42. The Morgan fingerprint density at radius 2 is 2.12 bits per heavy atom. The number of thioether (sulfide) groups is 1. The summed E-state index contributed by atoms with van der Waals surface area (Å²) in [5, 5.41) is 12.2. The molecule has 0 aliphatic rings. The minimum absolute atomic E-state index is 0.149. The molecular weight excluding hydrogens is 451 g/mol. The van der Waals surface area contributed by atoms with Crippen LogP contribution in [0.1, 0.15) is 0 Å². The molecule has 3 aromatic rings. The third-order valence-corrected chi connectivity index (χ3v) is 5.45. The first-order chi connectivity index (χ1) is 12.0. The molecule has 2 aromatic heterocycles. The minimum atomic E-state index is -0.223. The van der Waals surface area contributed by atoms with E-state index in [1.54, 1.807) is 41.9 Å². The minimum Gasteiger partial charge on any atom is -0.446 e. The van der Waals surface area contributed by atoms with E-state index in [0.29, 0.717) is 37.1 Å². The van der Waals surface area contributed by atoms with Gasteiger partial charge in [-0.15, -0.1) is 10.2 Å². The highest BCUT2D eigenvalue weighted by molar-refractivity contribution is 9.10. The van der Waals surface area contributed by atoms with Crippen molar-refractivity contribution < 1.29 is 9.21 Å². The maximum Gasteiger partial charge on any atom is 0.234 e. The van der Waals surface area contributed by atoms with Gasteiger partial charge in [0.25, 0.3) is 0 Å². The molecule has 1 amide bonds. The number of carbonyl (C=O) groups excluding carboxylic acids is 1. The van der Waals surface area contributed by atoms with Gasteiger partial charge in [-0.05, 0) is 40.2 Å². The first kappa shape index (κ1) is 18.3. The molecule has 0 spiro atoms. The quantitative estimate of drug-likeness (QED) is 0.548. The van der Waals surface area contributed by atoms with Crippen LogP contribution in [-0.2, 0) is 11.8 Å². The fourth-order valence-electron chi connectivity index (χ4n) is 2.01. The van der Waals surface area contributed by atoms with Crippen LogP contribution in [0, 0.1) is 0 Å². The summed E-state index contributed by atoms with van der Waals surface area (Å²) in [4.78, 5) is 12.1. The summed E-state index contributed by atoms with van der Waals surface area (Å²) in [6.45, 7) is 0. The van der Waals surface area contributed by atoms with E-state index in [2.05, 4.69) is 31.4 Å². The van der Waals surface area contributed by atoms with Crippen molar-refractivity contribution in [1.82, 2.24) is 14.8 Å². The lowest BCUT2D eigenvalue weighted by molar-refractivity contribution is -0.113. The molecule has 0 bridgehead atoms. The molecule has 0 atom stereocenters. The summed E-state index contributed by atoms with van der Waals surface area (Å²) in [6.07, 6.45) is 0. The topological polar surface area (TPSA) is 73.0 Å². The van der Waals surface area contributed by atoms with E-state index in [0.717, 1.165) is 0 Å². The van der Waals surface area contributed by atoms with Crippen molar-refractivity contribution in [2.24, 2.45) is 7.05 Å². The molecule has 10 heteroatoms. The fraction of sp³-hybridized carbons (Fsp3) is 0.133. The predicted molar refractivity (Wildman–Crippen MR) is 102 cm³/mol. The highest BCUT2D eigenvalue weighted by Crippen LogP contribution is 2.30. The van der Waals surface area contributed by atoms with E-state index < -0.39 is 0 Å². The second-order valence-electron chi connectivity index (χ2n) is 4.91. The molecule has 0 saturated carbocycles. The van der Waals surface area contributed by atoms with Gasteiger partial charge in [0.2, 0.25) is 5.91 Å². The molecule has 130 valence electrons. The second kappa shape index (κ2) is 7.82. The Bertz CT molecular complexity index is 928. The number of aromatic nitrogens is 3. The van der Waals surface area contributed by atoms with E-state index >= 15 is 0 Å². The maximum atomic E-state index is 12.1.